The van der Waals surface area contributed by atoms with E-state index in [0.717, 1.165) is 11.0 Å². The van der Waals surface area contributed by atoms with Crippen molar-refractivity contribution >= 4 is 28.6 Å². The summed E-state index contributed by atoms with van der Waals surface area (Å²) in [6.07, 6.45) is 1.67. The van der Waals surface area contributed by atoms with Gasteiger partial charge in [0.05, 0.1) is 35.6 Å². The van der Waals surface area contributed by atoms with Crippen LogP contribution < -0.4 is 15.8 Å². The molecular formula is C21H23N7O2. The number of aryl methyl sites for hydroxylation is 3. The third kappa shape index (κ3) is 3.34. The molecule has 0 atom stereocenters. The molecule has 0 spiro atoms. The van der Waals surface area contributed by atoms with E-state index in [1.807, 2.05) is 30.5 Å². The summed E-state index contributed by atoms with van der Waals surface area (Å²) in [6.45, 7) is 4.47. The molecule has 0 unspecified atom stereocenters. The lowest BCUT2D eigenvalue weighted by Gasteiger charge is -2.10. The van der Waals surface area contributed by atoms with Gasteiger partial charge in [0.15, 0.2) is 0 Å². The second-order valence-electron chi connectivity index (χ2n) is 6.96. The molecule has 0 saturated heterocycles. The largest absolute Gasteiger partial charge is 0.481 e. The molecule has 3 heterocycles. The number of anilines is 2. The third-order valence-corrected chi connectivity index (χ3v) is 4.88. The van der Waals surface area contributed by atoms with E-state index in [-0.39, 0.29) is 5.91 Å². The predicted molar refractivity (Wildman–Crippen MR) is 116 cm³/mol. The van der Waals surface area contributed by atoms with E-state index >= 15 is 0 Å². The molecule has 9 nitrogen and oxygen atoms in total. The van der Waals surface area contributed by atoms with Gasteiger partial charge < -0.3 is 15.0 Å². The average molecular weight is 405 g/mol. The second-order valence-corrected chi connectivity index (χ2v) is 6.96. The molecule has 4 rings (SSSR count). The number of carbonyl (C=O) groups excluding carboxylic acids is 1. The van der Waals surface area contributed by atoms with Crippen LogP contribution in [-0.2, 0) is 13.6 Å². The normalized spacial score (nSPS) is 11.1. The fourth-order valence-electron chi connectivity index (χ4n) is 3.51. The van der Waals surface area contributed by atoms with Crippen molar-refractivity contribution in [3.05, 3.63) is 47.8 Å². The van der Waals surface area contributed by atoms with Crippen LogP contribution in [0.2, 0.25) is 0 Å². The number of carbonyl (C=O) groups is 1. The number of benzene rings is 1. The molecule has 1 aromatic carbocycles. The summed E-state index contributed by atoms with van der Waals surface area (Å²) in [7, 11) is 3.36. The Morgan fingerprint density at radius 1 is 1.23 bits per heavy atom. The summed E-state index contributed by atoms with van der Waals surface area (Å²) in [6, 6.07) is 8.94. The van der Waals surface area contributed by atoms with Gasteiger partial charge in [-0.25, -0.2) is 9.67 Å². The number of ether oxygens (including phenoxy) is 1. The highest BCUT2D eigenvalue weighted by Gasteiger charge is 2.18. The van der Waals surface area contributed by atoms with Crippen LogP contribution in [0, 0.1) is 6.92 Å². The van der Waals surface area contributed by atoms with E-state index in [4.69, 9.17) is 10.5 Å². The van der Waals surface area contributed by atoms with E-state index in [0.29, 0.717) is 46.6 Å². The Labute approximate surface area is 173 Å². The molecule has 0 radical (unpaired) electrons. The van der Waals surface area contributed by atoms with Crippen molar-refractivity contribution in [1.29, 1.82) is 0 Å². The van der Waals surface area contributed by atoms with Crippen LogP contribution in [0.15, 0.2) is 36.5 Å². The second kappa shape index (κ2) is 7.51. The molecule has 30 heavy (non-hydrogen) atoms. The van der Waals surface area contributed by atoms with Gasteiger partial charge in [-0.2, -0.15) is 5.10 Å². The third-order valence-electron chi connectivity index (χ3n) is 4.88. The minimum Gasteiger partial charge on any atom is -0.481 e. The summed E-state index contributed by atoms with van der Waals surface area (Å²) < 4.78 is 8.96. The van der Waals surface area contributed by atoms with Gasteiger partial charge in [-0.3, -0.25) is 15.1 Å². The van der Waals surface area contributed by atoms with Crippen molar-refractivity contribution in [2.75, 3.05) is 18.2 Å². The number of aromatic nitrogens is 5. The number of nitrogens with one attached hydrogen (secondary N) is 1. The number of pyridine rings is 1. The van der Waals surface area contributed by atoms with E-state index in [2.05, 4.69) is 20.4 Å². The molecule has 3 aromatic heterocycles. The van der Waals surface area contributed by atoms with Crippen molar-refractivity contribution < 1.29 is 9.53 Å². The van der Waals surface area contributed by atoms with Crippen LogP contribution >= 0.6 is 0 Å². The molecular weight excluding hydrogens is 382 g/mol. The Morgan fingerprint density at radius 2 is 2.03 bits per heavy atom. The first kappa shape index (κ1) is 19.4. The standard InChI is InChI=1S/C21H23N7O2/c1-5-28-18-10-14(22)6-7-16(18)25-21(28)26-19(29)13-8-12(2)24-17(9-13)15-11-23-27(3)20(15)30-4/h6-11H,5,22H2,1-4H3,(H,25,26,29). The van der Waals surface area contributed by atoms with E-state index in [9.17, 15) is 4.79 Å². The van der Waals surface area contributed by atoms with Gasteiger partial charge >= 0.3 is 0 Å². The molecule has 4 aromatic rings. The van der Waals surface area contributed by atoms with Gasteiger partial charge in [-0.15, -0.1) is 0 Å². The van der Waals surface area contributed by atoms with Crippen molar-refractivity contribution in [1.82, 2.24) is 24.3 Å². The monoisotopic (exact) mass is 405 g/mol. The maximum Gasteiger partial charge on any atom is 0.258 e. The molecule has 0 bridgehead atoms. The zero-order valence-corrected chi connectivity index (χ0v) is 17.3. The van der Waals surface area contributed by atoms with E-state index in [1.54, 1.807) is 43.2 Å². The van der Waals surface area contributed by atoms with Crippen LogP contribution in [0.3, 0.4) is 0 Å². The van der Waals surface area contributed by atoms with Gasteiger partial charge in [-0.1, -0.05) is 0 Å². The fourth-order valence-corrected chi connectivity index (χ4v) is 3.51. The van der Waals surface area contributed by atoms with Gasteiger partial charge in [0.1, 0.15) is 0 Å². The van der Waals surface area contributed by atoms with Crippen molar-refractivity contribution in [3.63, 3.8) is 0 Å². The summed E-state index contributed by atoms with van der Waals surface area (Å²) >= 11 is 0. The van der Waals surface area contributed by atoms with Crippen LogP contribution in [0.4, 0.5) is 11.6 Å². The topological polar surface area (TPSA) is 113 Å². The van der Waals surface area contributed by atoms with Crippen LogP contribution in [0.5, 0.6) is 5.88 Å². The zero-order chi connectivity index (χ0) is 21.4. The lowest BCUT2D eigenvalue weighted by atomic mass is 10.1. The number of rotatable bonds is 5. The Bertz CT molecular complexity index is 1260. The Hall–Kier alpha value is -3.88. The Balaban J connectivity index is 1.71. The Morgan fingerprint density at radius 3 is 2.77 bits per heavy atom. The van der Waals surface area contributed by atoms with E-state index in [1.165, 1.54) is 0 Å². The maximum atomic E-state index is 13.1. The number of hydrogen-bond acceptors (Lipinski definition) is 6. The molecule has 0 aliphatic rings. The van der Waals surface area contributed by atoms with Crippen LogP contribution in [-0.4, -0.2) is 37.3 Å². The average Bonchev–Trinajstić information content (AvgIpc) is 3.26. The number of hydrogen-bond donors (Lipinski definition) is 2. The first-order valence-corrected chi connectivity index (χ1v) is 9.53. The van der Waals surface area contributed by atoms with Crippen molar-refractivity contribution in [3.8, 4) is 17.1 Å². The number of methoxy groups -OCH3 is 1. The summed E-state index contributed by atoms with van der Waals surface area (Å²) in [5, 5.41) is 7.14. The maximum absolute atomic E-state index is 13.1. The number of nitrogens with two attached hydrogens (primary N) is 1. The minimum atomic E-state index is -0.275. The zero-order valence-electron chi connectivity index (χ0n) is 17.3. The number of imidazole rings is 1. The highest BCUT2D eigenvalue weighted by atomic mass is 16.5. The van der Waals surface area contributed by atoms with E-state index < -0.39 is 0 Å². The molecule has 154 valence electrons. The minimum absolute atomic E-state index is 0.275. The molecule has 9 heteroatoms. The van der Waals surface area contributed by atoms with Gasteiger partial charge in [0.2, 0.25) is 11.8 Å². The van der Waals surface area contributed by atoms with Gasteiger partial charge in [-0.05, 0) is 44.2 Å². The van der Waals surface area contributed by atoms with Crippen LogP contribution in [0.25, 0.3) is 22.3 Å². The molecule has 3 N–H and O–H groups in total. The number of nitrogen functional groups attached to an aromatic ring is 1. The summed E-state index contributed by atoms with van der Waals surface area (Å²) in [5.41, 5.74) is 10.7. The number of nitrogens with zero attached hydrogens (tertiary/aromatic N) is 5. The predicted octanol–water partition coefficient (Wildman–Crippen LogP) is 3.00. The van der Waals surface area contributed by atoms with Crippen molar-refractivity contribution in [2.45, 2.75) is 20.4 Å². The fraction of sp³-hybridized carbons (Fsp3) is 0.238. The highest BCUT2D eigenvalue weighted by Crippen LogP contribution is 2.29. The molecule has 0 saturated carbocycles. The SMILES string of the molecule is CCn1c(NC(=O)c2cc(C)nc(-c3cnn(C)c3OC)c2)nc2ccc(N)cc21. The molecule has 0 aliphatic heterocycles. The summed E-state index contributed by atoms with van der Waals surface area (Å²) in [5.74, 6) is 0.769. The summed E-state index contributed by atoms with van der Waals surface area (Å²) in [4.78, 5) is 22.1. The van der Waals surface area contributed by atoms with Crippen LogP contribution in [0.1, 0.15) is 23.0 Å². The molecule has 0 aliphatic carbocycles. The van der Waals surface area contributed by atoms with Crippen molar-refractivity contribution in [2.24, 2.45) is 7.05 Å². The molecule has 0 fully saturated rings. The molecule has 1 amide bonds. The quantitative estimate of drug-likeness (QED) is 0.494. The van der Waals surface area contributed by atoms with Gasteiger partial charge in [0, 0.05) is 30.5 Å². The number of fused-ring (bicyclic) bond motifs is 1. The number of amides is 1. The highest BCUT2D eigenvalue weighted by molar-refractivity contribution is 6.04. The lowest BCUT2D eigenvalue weighted by molar-refractivity contribution is 0.102. The first-order valence-electron chi connectivity index (χ1n) is 9.53. The smallest absolute Gasteiger partial charge is 0.258 e. The Kier molecular flexibility index (Phi) is 4.86. The lowest BCUT2D eigenvalue weighted by Crippen LogP contribution is -2.16. The van der Waals surface area contributed by atoms with Gasteiger partial charge in [0.25, 0.3) is 5.91 Å². The first-order chi connectivity index (χ1) is 14.4.